The van der Waals surface area contributed by atoms with Gasteiger partial charge >= 0.3 is 0 Å². The maximum Gasteiger partial charge on any atom is 0.255 e. The molecule has 0 aliphatic carbocycles. The second-order valence-electron chi connectivity index (χ2n) is 3.91. The molecule has 0 fully saturated rings. The third kappa shape index (κ3) is 3.11. The van der Waals surface area contributed by atoms with Gasteiger partial charge in [0.2, 0.25) is 0 Å². The number of benzene rings is 1. The number of amides is 1. The van der Waals surface area contributed by atoms with Crippen LogP contribution in [-0.4, -0.2) is 30.1 Å². The van der Waals surface area contributed by atoms with Crippen molar-refractivity contribution in [2.75, 3.05) is 14.2 Å². The maximum absolute atomic E-state index is 12.2. The maximum atomic E-state index is 12.2. The number of halogens is 1. The summed E-state index contributed by atoms with van der Waals surface area (Å²) in [6.45, 7) is 0.309. The predicted molar refractivity (Wildman–Crippen MR) is 77.0 cm³/mol. The largest absolute Gasteiger partial charge is 0.497 e. The lowest BCUT2D eigenvalue weighted by molar-refractivity contribution is 0.0946. The minimum absolute atomic E-state index is 0.266. The number of nitrogens with one attached hydrogen (secondary N) is 2. The van der Waals surface area contributed by atoms with Crippen LogP contribution in [0.3, 0.4) is 0 Å². The zero-order valence-electron chi connectivity index (χ0n) is 11.1. The summed E-state index contributed by atoms with van der Waals surface area (Å²) < 4.78 is 11.1. The Labute approximate surface area is 124 Å². The van der Waals surface area contributed by atoms with Crippen molar-refractivity contribution >= 4 is 21.8 Å². The molecule has 1 aromatic heterocycles. The number of hydrogen-bond donors (Lipinski definition) is 2. The number of carbonyl (C=O) groups is 1. The molecule has 0 saturated heterocycles. The first-order valence-corrected chi connectivity index (χ1v) is 6.63. The lowest BCUT2D eigenvalue weighted by atomic mass is 10.1. The molecule has 0 spiro atoms. The number of nitrogens with zero attached hydrogens (tertiary/aromatic N) is 1. The van der Waals surface area contributed by atoms with Gasteiger partial charge in [0.05, 0.1) is 30.8 Å². The number of carbonyl (C=O) groups excluding carboxylic acids is 1. The molecule has 2 aromatic rings. The summed E-state index contributed by atoms with van der Waals surface area (Å²) in [7, 11) is 3.05. The third-order valence-corrected chi connectivity index (χ3v) is 3.26. The molecule has 20 heavy (non-hydrogen) atoms. The van der Waals surface area contributed by atoms with Crippen molar-refractivity contribution in [3.05, 3.63) is 40.4 Å². The molecule has 0 bridgehead atoms. The number of imidazole rings is 1. The highest BCUT2D eigenvalue weighted by Gasteiger charge is 2.17. The van der Waals surface area contributed by atoms with Gasteiger partial charge in [0.25, 0.3) is 5.91 Å². The highest BCUT2D eigenvalue weighted by atomic mass is 79.9. The molecule has 0 aliphatic heterocycles. The van der Waals surface area contributed by atoms with E-state index in [0.717, 1.165) is 0 Å². The van der Waals surface area contributed by atoms with Gasteiger partial charge in [-0.15, -0.1) is 0 Å². The standard InChI is InChI=1S/C13H14BrN3O3/c1-19-8-5-9(12(20-2)10(14)6-8)13(18)17-7-11-15-3-4-16-11/h3-6H,7H2,1-2H3,(H,15,16)(H,17,18). The van der Waals surface area contributed by atoms with E-state index in [1.165, 1.54) is 7.11 Å². The Morgan fingerprint density at radius 3 is 2.80 bits per heavy atom. The molecule has 2 rings (SSSR count). The monoisotopic (exact) mass is 339 g/mol. The van der Waals surface area contributed by atoms with Gasteiger partial charge in [-0.3, -0.25) is 4.79 Å². The van der Waals surface area contributed by atoms with Gasteiger partial charge < -0.3 is 19.8 Å². The fourth-order valence-corrected chi connectivity index (χ4v) is 2.32. The van der Waals surface area contributed by atoms with Gasteiger partial charge in [0.1, 0.15) is 17.3 Å². The minimum Gasteiger partial charge on any atom is -0.497 e. The number of hydrogen-bond acceptors (Lipinski definition) is 4. The highest BCUT2D eigenvalue weighted by molar-refractivity contribution is 9.10. The third-order valence-electron chi connectivity index (χ3n) is 2.67. The summed E-state index contributed by atoms with van der Waals surface area (Å²) in [4.78, 5) is 19.2. The number of H-pyrrole nitrogens is 1. The Kier molecular flexibility index (Phi) is 4.62. The second-order valence-corrected chi connectivity index (χ2v) is 4.76. The van der Waals surface area contributed by atoms with Crippen molar-refractivity contribution in [3.63, 3.8) is 0 Å². The Morgan fingerprint density at radius 1 is 1.40 bits per heavy atom. The number of ether oxygens (including phenoxy) is 2. The summed E-state index contributed by atoms with van der Waals surface area (Å²) in [5.41, 5.74) is 0.394. The Balaban J connectivity index is 2.21. The van der Waals surface area contributed by atoms with Gasteiger partial charge in [0.15, 0.2) is 0 Å². The smallest absolute Gasteiger partial charge is 0.255 e. The molecule has 0 unspecified atom stereocenters. The van der Waals surface area contributed by atoms with Crippen LogP contribution in [0.1, 0.15) is 16.2 Å². The van der Waals surface area contributed by atoms with Gasteiger partial charge in [0, 0.05) is 12.4 Å². The fraction of sp³-hybridized carbons (Fsp3) is 0.231. The molecular formula is C13H14BrN3O3. The van der Waals surface area contributed by atoms with Crippen LogP contribution >= 0.6 is 15.9 Å². The SMILES string of the molecule is COc1cc(Br)c(OC)c(C(=O)NCc2ncc[nH]2)c1. The fourth-order valence-electron chi connectivity index (χ4n) is 1.72. The van der Waals surface area contributed by atoms with E-state index in [2.05, 4.69) is 31.2 Å². The molecule has 106 valence electrons. The van der Waals surface area contributed by atoms with Crippen molar-refractivity contribution in [2.24, 2.45) is 0 Å². The lowest BCUT2D eigenvalue weighted by Crippen LogP contribution is -2.24. The molecule has 2 N–H and O–H groups in total. The lowest BCUT2D eigenvalue weighted by Gasteiger charge is -2.12. The van der Waals surface area contributed by atoms with Gasteiger partial charge in [-0.2, -0.15) is 0 Å². The van der Waals surface area contributed by atoms with Gasteiger partial charge in [-0.1, -0.05) is 0 Å². The van der Waals surface area contributed by atoms with Crippen molar-refractivity contribution in [2.45, 2.75) is 6.54 Å². The highest BCUT2D eigenvalue weighted by Crippen LogP contribution is 2.33. The van der Waals surface area contributed by atoms with E-state index in [-0.39, 0.29) is 5.91 Å². The molecular weight excluding hydrogens is 326 g/mol. The van der Waals surface area contributed by atoms with E-state index in [1.54, 1.807) is 31.6 Å². The van der Waals surface area contributed by atoms with E-state index in [9.17, 15) is 4.79 Å². The zero-order chi connectivity index (χ0) is 14.5. The summed E-state index contributed by atoms with van der Waals surface area (Å²) in [6.07, 6.45) is 3.33. The summed E-state index contributed by atoms with van der Waals surface area (Å²) >= 11 is 3.35. The number of methoxy groups -OCH3 is 2. The van der Waals surface area contributed by atoms with E-state index in [0.29, 0.717) is 33.9 Å². The van der Waals surface area contributed by atoms with Gasteiger partial charge in [-0.25, -0.2) is 4.98 Å². The summed E-state index contributed by atoms with van der Waals surface area (Å²) in [5.74, 6) is 1.45. The van der Waals surface area contributed by atoms with E-state index in [1.807, 2.05) is 0 Å². The molecule has 7 heteroatoms. The van der Waals surface area contributed by atoms with Crippen LogP contribution < -0.4 is 14.8 Å². The van der Waals surface area contributed by atoms with E-state index >= 15 is 0 Å². The Hall–Kier alpha value is -2.02. The molecule has 0 radical (unpaired) electrons. The Morgan fingerprint density at radius 2 is 2.20 bits per heavy atom. The average molecular weight is 340 g/mol. The molecule has 6 nitrogen and oxygen atoms in total. The molecule has 0 saturated carbocycles. The van der Waals surface area contributed by atoms with Crippen LogP contribution in [0.5, 0.6) is 11.5 Å². The molecule has 1 amide bonds. The number of rotatable bonds is 5. The van der Waals surface area contributed by atoms with Crippen molar-refractivity contribution in [1.29, 1.82) is 0 Å². The molecule has 1 aromatic carbocycles. The number of aromatic nitrogens is 2. The minimum atomic E-state index is -0.266. The van der Waals surface area contributed by atoms with Gasteiger partial charge in [-0.05, 0) is 28.1 Å². The quantitative estimate of drug-likeness (QED) is 0.874. The predicted octanol–water partition coefficient (Wildman–Crippen LogP) is 2.12. The topological polar surface area (TPSA) is 76.2 Å². The van der Waals surface area contributed by atoms with Crippen molar-refractivity contribution in [1.82, 2.24) is 15.3 Å². The van der Waals surface area contributed by atoms with Crippen molar-refractivity contribution < 1.29 is 14.3 Å². The first kappa shape index (κ1) is 14.4. The van der Waals surface area contributed by atoms with E-state index < -0.39 is 0 Å². The Bertz CT molecular complexity index is 599. The number of aromatic amines is 1. The van der Waals surface area contributed by atoms with Crippen LogP contribution in [0.25, 0.3) is 0 Å². The average Bonchev–Trinajstić information content (AvgIpc) is 2.97. The first-order valence-electron chi connectivity index (χ1n) is 5.83. The van der Waals surface area contributed by atoms with E-state index in [4.69, 9.17) is 9.47 Å². The summed E-state index contributed by atoms with van der Waals surface area (Å²) in [5, 5.41) is 2.77. The van der Waals surface area contributed by atoms with Crippen LogP contribution in [0.15, 0.2) is 29.0 Å². The molecule has 0 atom stereocenters. The molecule has 0 aliphatic rings. The summed E-state index contributed by atoms with van der Waals surface area (Å²) in [6, 6.07) is 3.36. The van der Waals surface area contributed by atoms with Crippen LogP contribution in [0.4, 0.5) is 0 Å². The first-order chi connectivity index (χ1) is 9.65. The van der Waals surface area contributed by atoms with Crippen LogP contribution in [0, 0.1) is 0 Å². The zero-order valence-corrected chi connectivity index (χ0v) is 12.7. The van der Waals surface area contributed by atoms with Crippen molar-refractivity contribution in [3.8, 4) is 11.5 Å². The van der Waals surface area contributed by atoms with Crippen LogP contribution in [-0.2, 0) is 6.54 Å². The second kappa shape index (κ2) is 6.42. The van der Waals surface area contributed by atoms with Crippen LogP contribution in [0.2, 0.25) is 0 Å². The normalized spacial score (nSPS) is 10.2. The molecule has 1 heterocycles.